The van der Waals surface area contributed by atoms with E-state index in [1.165, 1.54) is 11.1 Å². The van der Waals surface area contributed by atoms with E-state index in [1.54, 1.807) is 0 Å². The van der Waals surface area contributed by atoms with Crippen LogP contribution in [0.25, 0.3) is 0 Å². The molecule has 0 aliphatic heterocycles. The van der Waals surface area contributed by atoms with Crippen LogP contribution in [0.15, 0.2) is 28.9 Å². The summed E-state index contributed by atoms with van der Waals surface area (Å²) in [5.74, 6) is 0. The van der Waals surface area contributed by atoms with Crippen molar-refractivity contribution in [1.82, 2.24) is 20.3 Å². The monoisotopic (exact) mass is 350 g/mol. The van der Waals surface area contributed by atoms with E-state index < -0.39 is 0 Å². The highest BCUT2D eigenvalue weighted by Crippen LogP contribution is 2.24. The van der Waals surface area contributed by atoms with Gasteiger partial charge >= 0.3 is 0 Å². The lowest BCUT2D eigenvalue weighted by molar-refractivity contribution is 0.466. The fourth-order valence-corrected chi connectivity index (χ4v) is 3.03. The van der Waals surface area contributed by atoms with Crippen LogP contribution in [0, 0.1) is 6.92 Å². The van der Waals surface area contributed by atoms with Crippen molar-refractivity contribution in [3.63, 3.8) is 0 Å². The summed E-state index contributed by atoms with van der Waals surface area (Å²) in [5.41, 5.74) is 3.80. The van der Waals surface area contributed by atoms with Gasteiger partial charge in [0.25, 0.3) is 0 Å². The summed E-state index contributed by atoms with van der Waals surface area (Å²) in [6.45, 7) is 5.30. The number of hydrogen-bond donors (Lipinski definition) is 1. The van der Waals surface area contributed by atoms with Gasteiger partial charge in [-0.05, 0) is 54.2 Å². The maximum Gasteiger partial charge on any atom is 0.153 e. The van der Waals surface area contributed by atoms with Crippen molar-refractivity contribution in [1.29, 1.82) is 0 Å². The number of hydrogen-bond acceptors (Lipinski definition) is 3. The van der Waals surface area contributed by atoms with Gasteiger partial charge in [0.05, 0.1) is 11.7 Å². The molecular formula is C16H23BrN4. The Kier molecular flexibility index (Phi) is 5.94. The predicted molar refractivity (Wildman–Crippen MR) is 89.2 cm³/mol. The second-order valence-electron chi connectivity index (χ2n) is 5.42. The molecule has 1 aromatic carbocycles. The van der Waals surface area contributed by atoms with Crippen LogP contribution in [0.2, 0.25) is 0 Å². The lowest BCUT2D eigenvalue weighted by Gasteiger charge is -2.19. The minimum absolute atomic E-state index is 0.264. The van der Waals surface area contributed by atoms with Crippen LogP contribution in [-0.2, 0) is 13.5 Å². The summed E-state index contributed by atoms with van der Waals surface area (Å²) >= 11 is 3.51. The number of aryl methyl sites for hydroxylation is 3. The van der Waals surface area contributed by atoms with Crippen molar-refractivity contribution in [3.8, 4) is 0 Å². The average Bonchev–Trinajstić information content (AvgIpc) is 2.81. The second-order valence-corrected chi connectivity index (χ2v) is 6.17. The van der Waals surface area contributed by atoms with E-state index in [9.17, 15) is 0 Å². The lowest BCUT2D eigenvalue weighted by Crippen LogP contribution is -2.25. The van der Waals surface area contributed by atoms with E-state index in [4.69, 9.17) is 0 Å². The number of halogens is 1. The number of rotatable bonds is 7. The first-order valence-electron chi connectivity index (χ1n) is 7.45. The van der Waals surface area contributed by atoms with Crippen LogP contribution in [-0.4, -0.2) is 21.5 Å². The molecule has 114 valence electrons. The summed E-state index contributed by atoms with van der Waals surface area (Å²) in [7, 11) is 1.94. The molecule has 1 aromatic heterocycles. The number of aromatic nitrogens is 3. The van der Waals surface area contributed by atoms with E-state index in [0.717, 1.165) is 36.1 Å². The largest absolute Gasteiger partial charge is 0.309 e. The van der Waals surface area contributed by atoms with Crippen molar-refractivity contribution in [2.45, 2.75) is 39.2 Å². The quantitative estimate of drug-likeness (QED) is 0.829. The SMILES string of the molecule is CCCNC(CCc1ccc(C)cc1)c1c(Br)nnn1C. The molecule has 1 heterocycles. The molecule has 0 fully saturated rings. The van der Waals surface area contributed by atoms with Crippen LogP contribution in [0.1, 0.15) is 42.6 Å². The normalized spacial score (nSPS) is 12.6. The van der Waals surface area contributed by atoms with Gasteiger partial charge in [-0.2, -0.15) is 0 Å². The highest BCUT2D eigenvalue weighted by Gasteiger charge is 2.19. The molecule has 1 atom stereocenters. The Bertz CT molecular complexity index is 543. The zero-order valence-electron chi connectivity index (χ0n) is 12.9. The standard InChI is InChI=1S/C16H23BrN4/c1-4-11-18-14(15-16(17)19-20-21(15)3)10-9-13-7-5-12(2)6-8-13/h5-8,14,18H,4,9-11H2,1-3H3. The zero-order valence-corrected chi connectivity index (χ0v) is 14.5. The molecule has 1 N–H and O–H groups in total. The van der Waals surface area contributed by atoms with Crippen LogP contribution >= 0.6 is 15.9 Å². The van der Waals surface area contributed by atoms with Crippen LogP contribution in [0.3, 0.4) is 0 Å². The summed E-state index contributed by atoms with van der Waals surface area (Å²) in [6, 6.07) is 9.03. The molecule has 4 nitrogen and oxygen atoms in total. The molecule has 21 heavy (non-hydrogen) atoms. The number of benzene rings is 1. The summed E-state index contributed by atoms with van der Waals surface area (Å²) in [4.78, 5) is 0. The van der Waals surface area contributed by atoms with Gasteiger partial charge in [0.2, 0.25) is 0 Å². The second kappa shape index (κ2) is 7.71. The molecule has 0 amide bonds. The van der Waals surface area contributed by atoms with Gasteiger partial charge in [-0.25, -0.2) is 4.68 Å². The van der Waals surface area contributed by atoms with E-state index in [1.807, 2.05) is 11.7 Å². The van der Waals surface area contributed by atoms with E-state index >= 15 is 0 Å². The zero-order chi connectivity index (χ0) is 15.2. The molecule has 2 rings (SSSR count). The molecule has 2 aromatic rings. The third kappa shape index (κ3) is 4.38. The fraction of sp³-hybridized carbons (Fsp3) is 0.500. The highest BCUT2D eigenvalue weighted by molar-refractivity contribution is 9.10. The molecule has 1 unspecified atom stereocenters. The molecule has 0 aliphatic rings. The van der Waals surface area contributed by atoms with Gasteiger partial charge in [0.1, 0.15) is 0 Å². The highest BCUT2D eigenvalue weighted by atomic mass is 79.9. The van der Waals surface area contributed by atoms with Crippen LogP contribution in [0.5, 0.6) is 0 Å². The number of nitrogens with zero attached hydrogens (tertiary/aromatic N) is 3. The molecule has 0 aliphatic carbocycles. The van der Waals surface area contributed by atoms with E-state index in [2.05, 4.69) is 69.7 Å². The number of nitrogens with one attached hydrogen (secondary N) is 1. The van der Waals surface area contributed by atoms with Gasteiger partial charge in [-0.3, -0.25) is 0 Å². The molecule has 0 radical (unpaired) electrons. The van der Waals surface area contributed by atoms with Crippen molar-refractivity contribution in [2.24, 2.45) is 7.05 Å². The molecular weight excluding hydrogens is 328 g/mol. The van der Waals surface area contributed by atoms with Crippen molar-refractivity contribution < 1.29 is 0 Å². The van der Waals surface area contributed by atoms with Crippen LogP contribution in [0.4, 0.5) is 0 Å². The molecule has 0 spiro atoms. The van der Waals surface area contributed by atoms with E-state index in [-0.39, 0.29) is 6.04 Å². The predicted octanol–water partition coefficient (Wildman–Crippen LogP) is 3.56. The summed E-state index contributed by atoms with van der Waals surface area (Å²) in [5, 5.41) is 11.8. The van der Waals surface area contributed by atoms with Crippen molar-refractivity contribution in [3.05, 3.63) is 45.7 Å². The minimum atomic E-state index is 0.264. The van der Waals surface area contributed by atoms with Gasteiger partial charge in [-0.15, -0.1) is 5.10 Å². The summed E-state index contributed by atoms with van der Waals surface area (Å²) < 4.78 is 2.69. The topological polar surface area (TPSA) is 42.7 Å². The molecule has 0 saturated carbocycles. The first kappa shape index (κ1) is 16.2. The Morgan fingerprint density at radius 1 is 1.29 bits per heavy atom. The Morgan fingerprint density at radius 3 is 2.57 bits per heavy atom. The van der Waals surface area contributed by atoms with Crippen LogP contribution < -0.4 is 5.32 Å². The van der Waals surface area contributed by atoms with Crippen molar-refractivity contribution >= 4 is 15.9 Å². The van der Waals surface area contributed by atoms with E-state index in [0.29, 0.717) is 0 Å². The minimum Gasteiger partial charge on any atom is -0.309 e. The smallest absolute Gasteiger partial charge is 0.153 e. The lowest BCUT2D eigenvalue weighted by atomic mass is 10.0. The Hall–Kier alpha value is -1.20. The Labute approximate surface area is 135 Å². The average molecular weight is 351 g/mol. The molecule has 0 saturated heterocycles. The third-order valence-corrected chi connectivity index (χ3v) is 4.20. The van der Waals surface area contributed by atoms with Crippen molar-refractivity contribution in [2.75, 3.05) is 6.54 Å². The Balaban J connectivity index is 2.08. The summed E-state index contributed by atoms with van der Waals surface area (Å²) in [6.07, 6.45) is 3.19. The first-order valence-corrected chi connectivity index (χ1v) is 8.25. The third-order valence-electron chi connectivity index (χ3n) is 3.64. The maximum atomic E-state index is 4.10. The first-order chi connectivity index (χ1) is 10.1. The van der Waals surface area contributed by atoms with Gasteiger partial charge in [0.15, 0.2) is 4.60 Å². The Morgan fingerprint density at radius 2 is 2.00 bits per heavy atom. The molecule has 5 heteroatoms. The van der Waals surface area contributed by atoms with Gasteiger partial charge in [0, 0.05) is 7.05 Å². The van der Waals surface area contributed by atoms with Gasteiger partial charge in [-0.1, -0.05) is 42.0 Å². The maximum absolute atomic E-state index is 4.10. The molecule has 0 bridgehead atoms. The van der Waals surface area contributed by atoms with Gasteiger partial charge < -0.3 is 5.32 Å². The fourth-order valence-electron chi connectivity index (χ4n) is 2.43.